The van der Waals surface area contributed by atoms with Crippen LogP contribution in [0.25, 0.3) is 0 Å². The Labute approximate surface area is 88.8 Å². The van der Waals surface area contributed by atoms with Gasteiger partial charge in [0, 0.05) is 6.54 Å². The first kappa shape index (κ1) is 11.7. The highest BCUT2D eigenvalue weighted by molar-refractivity contribution is 5.45. The summed E-state index contributed by atoms with van der Waals surface area (Å²) in [4.78, 5) is 3.93. The van der Waals surface area contributed by atoms with Crippen molar-refractivity contribution in [3.05, 3.63) is 18.0 Å². The zero-order valence-corrected chi connectivity index (χ0v) is 9.15. The summed E-state index contributed by atoms with van der Waals surface area (Å²) in [5.41, 5.74) is 4.83. The predicted octanol–water partition coefficient (Wildman–Crippen LogP) is 0.265. The van der Waals surface area contributed by atoms with E-state index in [2.05, 4.69) is 4.98 Å². The molecule has 3 N–H and O–H groups in total. The van der Waals surface area contributed by atoms with Crippen molar-refractivity contribution in [2.75, 3.05) is 20.8 Å². The Morgan fingerprint density at radius 3 is 2.13 bits per heavy atom. The first-order valence-corrected chi connectivity index (χ1v) is 4.55. The van der Waals surface area contributed by atoms with Gasteiger partial charge in [-0.2, -0.15) is 0 Å². The molecule has 0 aliphatic heterocycles. The van der Waals surface area contributed by atoms with Gasteiger partial charge >= 0.3 is 0 Å². The monoisotopic (exact) mass is 212 g/mol. The molecule has 0 bridgehead atoms. The third-order valence-electron chi connectivity index (χ3n) is 2.25. The molecule has 0 aromatic carbocycles. The highest BCUT2D eigenvalue weighted by atomic mass is 16.5. The van der Waals surface area contributed by atoms with Crippen LogP contribution in [-0.4, -0.2) is 30.9 Å². The molecular weight excluding hydrogens is 196 g/mol. The Hall–Kier alpha value is -1.33. The maximum Gasteiger partial charge on any atom is 0.147 e. The molecule has 1 heterocycles. The topological polar surface area (TPSA) is 77.6 Å². The highest BCUT2D eigenvalue weighted by Crippen LogP contribution is 2.35. The van der Waals surface area contributed by atoms with Crippen molar-refractivity contribution < 1.29 is 14.6 Å². The summed E-state index contributed by atoms with van der Waals surface area (Å²) in [5.74, 6) is 0.926. The minimum Gasteiger partial charge on any atom is -0.495 e. The number of nitrogens with zero attached hydrogens (tertiary/aromatic N) is 1. The van der Waals surface area contributed by atoms with E-state index in [9.17, 15) is 5.11 Å². The molecule has 0 aliphatic rings. The molecule has 0 amide bonds. The summed E-state index contributed by atoms with van der Waals surface area (Å²) < 4.78 is 10.2. The molecule has 84 valence electrons. The highest BCUT2D eigenvalue weighted by Gasteiger charge is 2.29. The maximum atomic E-state index is 10.1. The Morgan fingerprint density at radius 2 is 1.80 bits per heavy atom. The Balaban J connectivity index is 3.34. The largest absolute Gasteiger partial charge is 0.495 e. The Kier molecular flexibility index (Phi) is 3.49. The minimum atomic E-state index is -1.19. The molecule has 0 fully saturated rings. The Morgan fingerprint density at radius 1 is 1.33 bits per heavy atom. The van der Waals surface area contributed by atoms with Crippen LogP contribution in [0.1, 0.15) is 12.5 Å². The van der Waals surface area contributed by atoms with Gasteiger partial charge in [-0.25, -0.2) is 0 Å². The van der Waals surface area contributed by atoms with Crippen molar-refractivity contribution in [1.82, 2.24) is 4.98 Å². The first-order chi connectivity index (χ1) is 7.06. The van der Waals surface area contributed by atoms with Crippen molar-refractivity contribution in [3.8, 4) is 11.5 Å². The molecule has 0 radical (unpaired) electrons. The normalized spacial score (nSPS) is 14.5. The Bertz CT molecular complexity index is 317. The summed E-state index contributed by atoms with van der Waals surface area (Å²) in [6.45, 7) is 1.68. The molecule has 1 aromatic rings. The van der Waals surface area contributed by atoms with E-state index in [1.165, 1.54) is 26.6 Å². The van der Waals surface area contributed by atoms with Crippen LogP contribution in [0.5, 0.6) is 11.5 Å². The molecule has 5 nitrogen and oxygen atoms in total. The lowest BCUT2D eigenvalue weighted by atomic mass is 9.95. The predicted molar refractivity (Wildman–Crippen MR) is 56.0 cm³/mol. The second kappa shape index (κ2) is 4.46. The first-order valence-electron chi connectivity index (χ1n) is 4.55. The van der Waals surface area contributed by atoms with Crippen LogP contribution >= 0.6 is 0 Å². The zero-order valence-electron chi connectivity index (χ0n) is 9.15. The molecule has 0 saturated carbocycles. The van der Waals surface area contributed by atoms with Gasteiger partial charge in [-0.05, 0) is 6.92 Å². The molecular formula is C10H16N2O3. The van der Waals surface area contributed by atoms with E-state index in [-0.39, 0.29) is 6.54 Å². The third-order valence-corrected chi connectivity index (χ3v) is 2.25. The molecule has 1 unspecified atom stereocenters. The molecule has 0 saturated heterocycles. The van der Waals surface area contributed by atoms with Gasteiger partial charge in [0.25, 0.3) is 0 Å². The number of ether oxygens (including phenoxy) is 2. The fraction of sp³-hybridized carbons (Fsp3) is 0.500. The molecule has 0 aliphatic carbocycles. The van der Waals surface area contributed by atoms with Gasteiger partial charge in [0.1, 0.15) is 17.1 Å². The molecule has 0 spiro atoms. The number of aromatic nitrogens is 1. The lowest BCUT2D eigenvalue weighted by Gasteiger charge is -2.25. The number of methoxy groups -OCH3 is 2. The van der Waals surface area contributed by atoms with E-state index in [1.54, 1.807) is 6.92 Å². The van der Waals surface area contributed by atoms with Gasteiger partial charge in [0.2, 0.25) is 0 Å². The summed E-state index contributed by atoms with van der Waals surface area (Å²) >= 11 is 0. The number of hydrogen-bond donors (Lipinski definition) is 2. The SMILES string of the molecule is COc1cncc(OC)c1C(C)(O)CN. The van der Waals surface area contributed by atoms with Crippen LogP contribution in [-0.2, 0) is 5.60 Å². The van der Waals surface area contributed by atoms with Gasteiger partial charge in [0.05, 0.1) is 32.2 Å². The van der Waals surface area contributed by atoms with E-state index in [1.807, 2.05) is 0 Å². The third kappa shape index (κ3) is 2.19. The number of rotatable bonds is 4. The van der Waals surface area contributed by atoms with Gasteiger partial charge in [-0.1, -0.05) is 0 Å². The van der Waals surface area contributed by atoms with Crippen LogP contribution in [0.15, 0.2) is 12.4 Å². The van der Waals surface area contributed by atoms with Crippen LogP contribution in [0.3, 0.4) is 0 Å². The molecule has 1 atom stereocenters. The lowest BCUT2D eigenvalue weighted by Crippen LogP contribution is -2.32. The quantitative estimate of drug-likeness (QED) is 0.748. The van der Waals surface area contributed by atoms with E-state index in [0.29, 0.717) is 17.1 Å². The maximum absolute atomic E-state index is 10.1. The fourth-order valence-corrected chi connectivity index (χ4v) is 1.37. The minimum absolute atomic E-state index is 0.0731. The molecule has 5 heteroatoms. The summed E-state index contributed by atoms with van der Waals surface area (Å²) in [5, 5.41) is 10.1. The smallest absolute Gasteiger partial charge is 0.147 e. The summed E-state index contributed by atoms with van der Waals surface area (Å²) in [7, 11) is 3.01. The van der Waals surface area contributed by atoms with E-state index < -0.39 is 5.60 Å². The number of nitrogens with two attached hydrogens (primary N) is 1. The summed E-state index contributed by atoms with van der Waals surface area (Å²) in [6.07, 6.45) is 3.03. The van der Waals surface area contributed by atoms with Crippen molar-refractivity contribution in [2.45, 2.75) is 12.5 Å². The average Bonchev–Trinajstić information content (AvgIpc) is 2.27. The van der Waals surface area contributed by atoms with Gasteiger partial charge < -0.3 is 20.3 Å². The number of aliphatic hydroxyl groups is 1. The van der Waals surface area contributed by atoms with E-state index >= 15 is 0 Å². The number of hydrogen-bond acceptors (Lipinski definition) is 5. The van der Waals surface area contributed by atoms with Crippen LogP contribution < -0.4 is 15.2 Å². The second-order valence-electron chi connectivity index (χ2n) is 3.40. The van der Waals surface area contributed by atoms with Gasteiger partial charge in [-0.3, -0.25) is 4.98 Å². The van der Waals surface area contributed by atoms with Crippen molar-refractivity contribution in [2.24, 2.45) is 5.73 Å². The zero-order chi connectivity index (χ0) is 11.5. The van der Waals surface area contributed by atoms with Gasteiger partial charge in [-0.15, -0.1) is 0 Å². The van der Waals surface area contributed by atoms with Crippen LogP contribution in [0.2, 0.25) is 0 Å². The van der Waals surface area contributed by atoms with Gasteiger partial charge in [0.15, 0.2) is 0 Å². The van der Waals surface area contributed by atoms with Crippen LogP contribution in [0, 0.1) is 0 Å². The van der Waals surface area contributed by atoms with Crippen molar-refractivity contribution in [3.63, 3.8) is 0 Å². The summed E-state index contributed by atoms with van der Waals surface area (Å²) in [6, 6.07) is 0. The molecule has 1 aromatic heterocycles. The molecule has 1 rings (SSSR count). The second-order valence-corrected chi connectivity index (χ2v) is 3.40. The van der Waals surface area contributed by atoms with E-state index in [0.717, 1.165) is 0 Å². The standard InChI is InChI=1S/C10H16N2O3/c1-10(13,6-11)9-7(14-2)4-12-5-8(9)15-3/h4-5,13H,6,11H2,1-3H3. The van der Waals surface area contributed by atoms with Crippen molar-refractivity contribution in [1.29, 1.82) is 0 Å². The fourth-order valence-electron chi connectivity index (χ4n) is 1.37. The van der Waals surface area contributed by atoms with Crippen LogP contribution in [0.4, 0.5) is 0 Å². The average molecular weight is 212 g/mol. The van der Waals surface area contributed by atoms with Crippen molar-refractivity contribution >= 4 is 0 Å². The lowest BCUT2D eigenvalue weighted by molar-refractivity contribution is 0.0610. The molecule has 15 heavy (non-hydrogen) atoms. The van der Waals surface area contributed by atoms with E-state index in [4.69, 9.17) is 15.2 Å². The number of pyridine rings is 1.